The van der Waals surface area contributed by atoms with Gasteiger partial charge in [0.15, 0.2) is 0 Å². The molecule has 0 radical (unpaired) electrons. The summed E-state index contributed by atoms with van der Waals surface area (Å²) in [7, 11) is 0. The SMILES string of the molecule is O=C(O)OC1[C@H](c2ccccc2)c2ccccc2[C@@H]1c1ccccc1. The highest BCUT2D eigenvalue weighted by Gasteiger charge is 2.44. The number of ether oxygens (including phenoxy) is 1. The zero-order chi connectivity index (χ0) is 17.2. The van der Waals surface area contributed by atoms with Crippen LogP contribution in [0.4, 0.5) is 4.79 Å². The van der Waals surface area contributed by atoms with Crippen molar-refractivity contribution in [3.05, 3.63) is 107 Å². The smallest absolute Gasteiger partial charge is 0.450 e. The second-order valence-corrected chi connectivity index (χ2v) is 6.25. The minimum Gasteiger partial charge on any atom is -0.450 e. The minimum atomic E-state index is -1.24. The minimum absolute atomic E-state index is 0.112. The molecule has 0 heterocycles. The summed E-state index contributed by atoms with van der Waals surface area (Å²) < 4.78 is 5.44. The maximum Gasteiger partial charge on any atom is 0.506 e. The Labute approximate surface area is 146 Å². The number of carbonyl (C=O) groups is 1. The number of benzene rings is 3. The van der Waals surface area contributed by atoms with E-state index >= 15 is 0 Å². The van der Waals surface area contributed by atoms with Crippen molar-refractivity contribution < 1.29 is 14.6 Å². The van der Waals surface area contributed by atoms with E-state index < -0.39 is 12.3 Å². The number of rotatable bonds is 3. The lowest BCUT2D eigenvalue weighted by molar-refractivity contribution is 0.0433. The van der Waals surface area contributed by atoms with Gasteiger partial charge in [-0.05, 0) is 22.3 Å². The zero-order valence-corrected chi connectivity index (χ0v) is 13.6. The van der Waals surface area contributed by atoms with Crippen LogP contribution in [0, 0.1) is 0 Å². The van der Waals surface area contributed by atoms with Crippen molar-refractivity contribution in [1.82, 2.24) is 0 Å². The lowest BCUT2D eigenvalue weighted by Gasteiger charge is -2.25. The van der Waals surface area contributed by atoms with E-state index in [4.69, 9.17) is 4.74 Å². The van der Waals surface area contributed by atoms with E-state index in [0.29, 0.717) is 0 Å². The molecule has 3 aromatic carbocycles. The summed E-state index contributed by atoms with van der Waals surface area (Å²) in [5.41, 5.74) is 4.40. The summed E-state index contributed by atoms with van der Waals surface area (Å²) in [6.45, 7) is 0. The van der Waals surface area contributed by atoms with Crippen LogP contribution in [0.5, 0.6) is 0 Å². The molecule has 3 nitrogen and oxygen atoms in total. The van der Waals surface area contributed by atoms with Gasteiger partial charge in [0.2, 0.25) is 0 Å². The molecule has 4 rings (SSSR count). The Hall–Kier alpha value is -3.07. The second kappa shape index (κ2) is 6.44. The van der Waals surface area contributed by atoms with Crippen LogP contribution < -0.4 is 0 Å². The van der Waals surface area contributed by atoms with Gasteiger partial charge in [0, 0.05) is 11.8 Å². The molecule has 3 atom stereocenters. The predicted octanol–water partition coefficient (Wildman–Crippen LogP) is 5.03. The Bertz CT molecular complexity index is 808. The van der Waals surface area contributed by atoms with E-state index in [2.05, 4.69) is 12.1 Å². The van der Waals surface area contributed by atoms with Crippen molar-refractivity contribution in [3.8, 4) is 0 Å². The normalized spacial score (nSPS) is 21.5. The van der Waals surface area contributed by atoms with Crippen LogP contribution >= 0.6 is 0 Å². The van der Waals surface area contributed by atoms with Crippen molar-refractivity contribution in [3.63, 3.8) is 0 Å². The van der Waals surface area contributed by atoms with Gasteiger partial charge in [-0.25, -0.2) is 4.79 Å². The highest BCUT2D eigenvalue weighted by molar-refractivity contribution is 5.60. The van der Waals surface area contributed by atoms with Crippen LogP contribution in [0.2, 0.25) is 0 Å². The van der Waals surface area contributed by atoms with Gasteiger partial charge in [-0.2, -0.15) is 0 Å². The maximum atomic E-state index is 11.4. The van der Waals surface area contributed by atoms with Gasteiger partial charge in [-0.3, -0.25) is 0 Å². The molecule has 0 saturated heterocycles. The Morgan fingerprint density at radius 3 is 1.48 bits per heavy atom. The molecule has 124 valence electrons. The topological polar surface area (TPSA) is 46.5 Å². The molecule has 1 unspecified atom stereocenters. The molecule has 0 spiro atoms. The summed E-state index contributed by atoms with van der Waals surface area (Å²) in [5.74, 6) is -0.225. The summed E-state index contributed by atoms with van der Waals surface area (Å²) in [6.07, 6.45) is -1.72. The standard InChI is InChI=1S/C22H18O3/c23-22(24)25-21-19(15-9-3-1-4-10-15)17-13-7-8-14-18(17)20(21)16-11-5-2-6-12-16/h1-14,19-21H,(H,23,24)/t19-,20+,21?. The third kappa shape index (κ3) is 2.78. The van der Waals surface area contributed by atoms with Crippen LogP contribution in [0.3, 0.4) is 0 Å². The van der Waals surface area contributed by atoms with Crippen LogP contribution in [0.25, 0.3) is 0 Å². The fourth-order valence-corrected chi connectivity index (χ4v) is 3.94. The fourth-order valence-electron chi connectivity index (χ4n) is 3.94. The maximum absolute atomic E-state index is 11.4. The summed E-state index contributed by atoms with van der Waals surface area (Å²) in [5, 5.41) is 9.36. The summed E-state index contributed by atoms with van der Waals surface area (Å²) in [4.78, 5) is 11.4. The van der Waals surface area contributed by atoms with Gasteiger partial charge in [0.1, 0.15) is 6.10 Å². The van der Waals surface area contributed by atoms with E-state index in [9.17, 15) is 9.90 Å². The molecule has 0 saturated carbocycles. The van der Waals surface area contributed by atoms with Crippen LogP contribution in [-0.4, -0.2) is 17.4 Å². The lowest BCUT2D eigenvalue weighted by atomic mass is 9.87. The summed E-state index contributed by atoms with van der Waals surface area (Å²) in [6, 6.07) is 28.1. The molecular formula is C22H18O3. The average Bonchev–Trinajstić information content (AvgIpc) is 2.96. The monoisotopic (exact) mass is 330 g/mol. The van der Waals surface area contributed by atoms with E-state index in [0.717, 1.165) is 22.3 Å². The molecule has 3 heteroatoms. The highest BCUT2D eigenvalue weighted by atomic mass is 16.7. The van der Waals surface area contributed by atoms with Crippen molar-refractivity contribution in [2.24, 2.45) is 0 Å². The first-order valence-electron chi connectivity index (χ1n) is 8.34. The molecule has 25 heavy (non-hydrogen) atoms. The fraction of sp³-hybridized carbons (Fsp3) is 0.136. The Balaban J connectivity index is 1.90. The van der Waals surface area contributed by atoms with Crippen molar-refractivity contribution in [1.29, 1.82) is 0 Å². The average molecular weight is 330 g/mol. The molecule has 0 fully saturated rings. The molecule has 0 bridgehead atoms. The molecule has 1 aliphatic carbocycles. The van der Waals surface area contributed by atoms with Gasteiger partial charge in [-0.1, -0.05) is 84.9 Å². The van der Waals surface area contributed by atoms with Crippen LogP contribution in [0.1, 0.15) is 34.1 Å². The van der Waals surface area contributed by atoms with Gasteiger partial charge in [0.25, 0.3) is 0 Å². The van der Waals surface area contributed by atoms with Gasteiger partial charge < -0.3 is 9.84 Å². The lowest BCUT2D eigenvalue weighted by Crippen LogP contribution is -2.26. The number of hydrogen-bond donors (Lipinski definition) is 1. The quantitative estimate of drug-likeness (QED) is 0.685. The molecule has 0 aliphatic heterocycles. The first-order chi connectivity index (χ1) is 12.3. The van der Waals surface area contributed by atoms with Crippen molar-refractivity contribution >= 4 is 6.16 Å². The number of fused-ring (bicyclic) bond motifs is 1. The molecule has 0 aromatic heterocycles. The zero-order valence-electron chi connectivity index (χ0n) is 13.6. The van der Waals surface area contributed by atoms with E-state index in [1.807, 2.05) is 72.8 Å². The van der Waals surface area contributed by atoms with E-state index in [1.54, 1.807) is 0 Å². The van der Waals surface area contributed by atoms with Crippen molar-refractivity contribution in [2.45, 2.75) is 17.9 Å². The van der Waals surface area contributed by atoms with Crippen LogP contribution in [0.15, 0.2) is 84.9 Å². The molecule has 1 aliphatic rings. The predicted molar refractivity (Wildman–Crippen MR) is 95.9 cm³/mol. The molecule has 1 N–H and O–H groups in total. The number of carboxylic acid groups (broad SMARTS) is 1. The Kier molecular flexibility index (Phi) is 3.98. The molecule has 0 amide bonds. The Morgan fingerprint density at radius 1 is 0.680 bits per heavy atom. The Morgan fingerprint density at radius 2 is 1.08 bits per heavy atom. The highest BCUT2D eigenvalue weighted by Crippen LogP contribution is 2.49. The van der Waals surface area contributed by atoms with Crippen LogP contribution in [-0.2, 0) is 4.74 Å². The largest absolute Gasteiger partial charge is 0.506 e. The third-order valence-electron chi connectivity index (χ3n) is 4.88. The molecule has 3 aromatic rings. The van der Waals surface area contributed by atoms with E-state index in [-0.39, 0.29) is 11.8 Å². The van der Waals surface area contributed by atoms with E-state index in [1.165, 1.54) is 0 Å². The first-order valence-corrected chi connectivity index (χ1v) is 8.34. The van der Waals surface area contributed by atoms with Gasteiger partial charge >= 0.3 is 6.16 Å². The third-order valence-corrected chi connectivity index (χ3v) is 4.88. The second-order valence-electron chi connectivity index (χ2n) is 6.25. The first kappa shape index (κ1) is 15.5. The van der Waals surface area contributed by atoms with Crippen molar-refractivity contribution in [2.75, 3.05) is 0 Å². The summed E-state index contributed by atoms with van der Waals surface area (Å²) >= 11 is 0. The van der Waals surface area contributed by atoms with Gasteiger partial charge in [-0.15, -0.1) is 0 Å². The molecular weight excluding hydrogens is 312 g/mol. The van der Waals surface area contributed by atoms with Gasteiger partial charge in [0.05, 0.1) is 0 Å². The number of hydrogen-bond acceptors (Lipinski definition) is 2.